The molecule has 134 valence electrons. The predicted molar refractivity (Wildman–Crippen MR) is 94.4 cm³/mol. The molecule has 0 aliphatic carbocycles. The first-order valence-electron chi connectivity index (χ1n) is 8.36. The second-order valence-electron chi connectivity index (χ2n) is 5.80. The Hall–Kier alpha value is -2.43. The smallest absolute Gasteiger partial charge is 0.387 e. The molecule has 1 aromatic rings. The van der Waals surface area contributed by atoms with Crippen LogP contribution >= 0.6 is 0 Å². The first kappa shape index (κ1) is 18.9. The zero-order valence-electron chi connectivity index (χ0n) is 14.4. The van der Waals surface area contributed by atoms with E-state index < -0.39 is 6.61 Å². The lowest BCUT2D eigenvalue weighted by Gasteiger charge is -2.16. The Morgan fingerprint density at radius 1 is 1.36 bits per heavy atom. The van der Waals surface area contributed by atoms with E-state index in [1.54, 1.807) is 23.1 Å². The van der Waals surface area contributed by atoms with Crippen LogP contribution in [0.5, 0.6) is 5.75 Å². The minimum atomic E-state index is -2.83. The maximum atomic E-state index is 12.7. The number of nitrogens with zero attached hydrogens (tertiary/aromatic N) is 1. The monoisotopic (exact) mass is 347 g/mol. The molecule has 25 heavy (non-hydrogen) atoms. The number of benzene rings is 1. The van der Waals surface area contributed by atoms with Crippen LogP contribution in [0.3, 0.4) is 0 Å². The Morgan fingerprint density at radius 3 is 2.68 bits per heavy atom. The van der Waals surface area contributed by atoms with E-state index in [4.69, 9.17) is 0 Å². The Kier molecular flexibility index (Phi) is 6.92. The van der Waals surface area contributed by atoms with Crippen molar-refractivity contribution in [2.45, 2.75) is 39.3 Å². The third-order valence-corrected chi connectivity index (χ3v) is 4.19. The molecule has 0 saturated carbocycles. The van der Waals surface area contributed by atoms with Gasteiger partial charge in [0.05, 0.1) is 0 Å². The maximum absolute atomic E-state index is 12.7. The zero-order valence-corrected chi connectivity index (χ0v) is 14.4. The number of allylic oxidation sites excluding steroid dienone is 4. The van der Waals surface area contributed by atoms with E-state index in [-0.39, 0.29) is 11.7 Å². The fourth-order valence-electron chi connectivity index (χ4n) is 2.91. The molecule has 0 radical (unpaired) electrons. The molecule has 0 bridgehead atoms. The maximum Gasteiger partial charge on any atom is 0.387 e. The summed E-state index contributed by atoms with van der Waals surface area (Å²) in [5.41, 5.74) is 2.95. The third kappa shape index (κ3) is 5.28. The Bertz CT molecular complexity index is 663. The van der Waals surface area contributed by atoms with Gasteiger partial charge in [0.25, 0.3) is 0 Å². The molecule has 0 atom stereocenters. The average molecular weight is 347 g/mol. The first-order valence-corrected chi connectivity index (χ1v) is 8.36. The second kappa shape index (κ2) is 9.16. The van der Waals surface area contributed by atoms with Gasteiger partial charge in [-0.15, -0.1) is 0 Å². The normalized spacial score (nSPS) is 16.8. The minimum Gasteiger partial charge on any atom is -0.435 e. The van der Waals surface area contributed by atoms with Gasteiger partial charge in [0, 0.05) is 18.7 Å². The number of halogens is 2. The number of hydrogen-bond acceptors (Lipinski definition) is 2. The van der Waals surface area contributed by atoms with Crippen LogP contribution in [0.4, 0.5) is 8.78 Å². The average Bonchev–Trinajstić information content (AvgIpc) is 2.94. The van der Waals surface area contributed by atoms with Crippen molar-refractivity contribution in [2.24, 2.45) is 0 Å². The number of ether oxygens (including phenoxy) is 1. The van der Waals surface area contributed by atoms with E-state index in [0.717, 1.165) is 36.0 Å². The van der Waals surface area contributed by atoms with Gasteiger partial charge in [0.2, 0.25) is 5.91 Å². The molecule has 1 heterocycles. The van der Waals surface area contributed by atoms with Gasteiger partial charge in [-0.2, -0.15) is 8.78 Å². The molecule has 1 aromatic carbocycles. The minimum absolute atomic E-state index is 0.0664. The van der Waals surface area contributed by atoms with Gasteiger partial charge in [-0.25, -0.2) is 0 Å². The van der Waals surface area contributed by atoms with Crippen molar-refractivity contribution in [1.29, 1.82) is 0 Å². The number of hydrogen-bond donors (Lipinski definition) is 0. The van der Waals surface area contributed by atoms with Crippen LogP contribution in [0, 0.1) is 0 Å². The highest BCUT2D eigenvalue weighted by Gasteiger charge is 2.27. The number of amides is 1. The van der Waals surface area contributed by atoms with Crippen molar-refractivity contribution in [3.63, 3.8) is 0 Å². The lowest BCUT2D eigenvalue weighted by Crippen LogP contribution is -2.24. The molecule has 0 spiro atoms. The second-order valence-corrected chi connectivity index (χ2v) is 5.80. The molecular weight excluding hydrogens is 324 g/mol. The summed E-state index contributed by atoms with van der Waals surface area (Å²) < 4.78 is 28.7. The topological polar surface area (TPSA) is 29.5 Å². The van der Waals surface area contributed by atoms with Gasteiger partial charge in [0.1, 0.15) is 5.75 Å². The highest BCUT2D eigenvalue weighted by Crippen LogP contribution is 2.26. The highest BCUT2D eigenvalue weighted by atomic mass is 19.3. The van der Waals surface area contributed by atoms with Crippen LogP contribution in [0.2, 0.25) is 0 Å². The Balaban J connectivity index is 2.03. The fraction of sp³-hybridized carbons (Fsp3) is 0.350. The molecule has 0 aromatic heterocycles. The van der Waals surface area contributed by atoms with Crippen molar-refractivity contribution >= 4 is 5.91 Å². The van der Waals surface area contributed by atoms with Gasteiger partial charge in [0.15, 0.2) is 0 Å². The molecule has 1 amide bonds. The molecule has 0 N–H and O–H groups in total. The number of carbonyl (C=O) groups excluding carboxylic acids is 1. The SMILES string of the molecule is C=C/C=C\C/C(CC)=C1\CCN(Cc2ccc(OC(F)F)cc2)C1=O. The number of likely N-dealkylation sites (tertiary alicyclic amines) is 1. The van der Waals surface area contributed by atoms with Gasteiger partial charge in [-0.05, 0) is 37.0 Å². The molecule has 5 heteroatoms. The molecule has 1 fully saturated rings. The van der Waals surface area contributed by atoms with E-state index in [9.17, 15) is 13.6 Å². The van der Waals surface area contributed by atoms with Crippen LogP contribution in [0.15, 0.2) is 60.2 Å². The molecule has 1 saturated heterocycles. The molecule has 1 aliphatic heterocycles. The van der Waals surface area contributed by atoms with Crippen molar-refractivity contribution in [2.75, 3.05) is 6.54 Å². The van der Waals surface area contributed by atoms with Crippen molar-refractivity contribution in [3.8, 4) is 5.75 Å². The Morgan fingerprint density at radius 2 is 2.08 bits per heavy atom. The summed E-state index contributed by atoms with van der Waals surface area (Å²) in [4.78, 5) is 14.5. The quantitative estimate of drug-likeness (QED) is 0.496. The third-order valence-electron chi connectivity index (χ3n) is 4.19. The van der Waals surface area contributed by atoms with Crippen molar-refractivity contribution < 1.29 is 18.3 Å². The van der Waals surface area contributed by atoms with Gasteiger partial charge >= 0.3 is 6.61 Å². The number of carbonyl (C=O) groups is 1. The molecular formula is C20H23F2NO2. The van der Waals surface area contributed by atoms with Crippen molar-refractivity contribution in [3.05, 3.63) is 65.8 Å². The van der Waals surface area contributed by atoms with Gasteiger partial charge < -0.3 is 9.64 Å². The van der Waals surface area contributed by atoms with Crippen molar-refractivity contribution in [1.82, 2.24) is 4.90 Å². The summed E-state index contributed by atoms with van der Waals surface area (Å²) in [6.45, 7) is 4.02. The number of alkyl halides is 2. The zero-order chi connectivity index (χ0) is 18.2. The van der Waals surface area contributed by atoms with Gasteiger partial charge in [-0.1, -0.05) is 49.4 Å². The van der Waals surface area contributed by atoms with E-state index in [1.807, 2.05) is 12.2 Å². The predicted octanol–water partition coefficient (Wildman–Crippen LogP) is 4.86. The standard InChI is InChI=1S/C20H23F2NO2/c1-3-5-6-7-16(4-2)18-12-13-23(19(18)24)14-15-8-10-17(11-9-15)25-20(21)22/h3,5-6,8-11,20H,1,4,7,12-14H2,2H3/b6-5-,18-16+. The molecule has 1 aliphatic rings. The van der Waals surface area contributed by atoms with E-state index in [1.165, 1.54) is 12.1 Å². The van der Waals surface area contributed by atoms with Crippen LogP contribution in [-0.4, -0.2) is 24.0 Å². The van der Waals surface area contributed by atoms with Gasteiger partial charge in [-0.3, -0.25) is 4.79 Å². The summed E-state index contributed by atoms with van der Waals surface area (Å²) >= 11 is 0. The summed E-state index contributed by atoms with van der Waals surface area (Å²) in [5, 5.41) is 0. The number of rotatable bonds is 8. The summed E-state index contributed by atoms with van der Waals surface area (Å²) in [6, 6.07) is 6.41. The van der Waals surface area contributed by atoms with Crippen LogP contribution in [0.25, 0.3) is 0 Å². The largest absolute Gasteiger partial charge is 0.435 e. The lowest BCUT2D eigenvalue weighted by molar-refractivity contribution is -0.125. The van der Waals surface area contributed by atoms with Crippen LogP contribution < -0.4 is 4.74 Å². The van der Waals surface area contributed by atoms with E-state index >= 15 is 0 Å². The molecule has 0 unspecified atom stereocenters. The van der Waals surface area contributed by atoms with E-state index in [0.29, 0.717) is 13.1 Å². The molecule has 2 rings (SSSR count). The summed E-state index contributed by atoms with van der Waals surface area (Å²) in [7, 11) is 0. The Labute approximate surface area is 147 Å². The van der Waals surface area contributed by atoms with E-state index in [2.05, 4.69) is 18.2 Å². The van der Waals surface area contributed by atoms with Crippen LogP contribution in [-0.2, 0) is 11.3 Å². The molecule has 3 nitrogen and oxygen atoms in total. The fourth-order valence-corrected chi connectivity index (χ4v) is 2.91. The summed E-state index contributed by atoms with van der Waals surface area (Å²) in [6.07, 6.45) is 7.97. The lowest BCUT2D eigenvalue weighted by atomic mass is 10.0. The summed E-state index contributed by atoms with van der Waals surface area (Å²) in [5.74, 6) is 0.186. The van der Waals surface area contributed by atoms with Crippen LogP contribution in [0.1, 0.15) is 31.7 Å². The highest BCUT2D eigenvalue weighted by molar-refractivity contribution is 5.96. The first-order chi connectivity index (χ1) is 12.0.